The minimum absolute atomic E-state index is 0.161. The Morgan fingerprint density at radius 1 is 1.29 bits per heavy atom. The lowest BCUT2D eigenvalue weighted by Crippen LogP contribution is -2.05. The summed E-state index contributed by atoms with van der Waals surface area (Å²) >= 11 is 2.73. The van der Waals surface area contributed by atoms with Crippen molar-refractivity contribution in [1.82, 2.24) is 10.2 Å². The summed E-state index contributed by atoms with van der Waals surface area (Å²) in [5, 5.41) is 23.3. The number of aromatic nitrogens is 2. The average molecular weight is 319 g/mol. The molecule has 0 saturated heterocycles. The maximum atomic E-state index is 7.56. The number of amidine groups is 1. The predicted octanol–water partition coefficient (Wildman–Crippen LogP) is 3.34. The van der Waals surface area contributed by atoms with E-state index in [4.69, 9.17) is 16.6 Å². The Morgan fingerprint density at radius 3 is 2.62 bits per heavy atom. The quantitative estimate of drug-likeness (QED) is 0.385. The molecule has 5 nitrogen and oxygen atoms in total. The average Bonchev–Trinajstić information content (AvgIpc) is 2.86. The summed E-state index contributed by atoms with van der Waals surface area (Å²) in [6, 6.07) is 8.27. The van der Waals surface area contributed by atoms with Gasteiger partial charge in [-0.1, -0.05) is 47.8 Å². The summed E-state index contributed by atoms with van der Waals surface area (Å²) in [6.07, 6.45) is 2.67. The molecule has 0 amide bonds. The molecule has 0 unspecified atom stereocenters. The standard InChI is InChI=1S/C14H17N5S2/c1-9(15)21-13-12(8-18-19-13)11-4-2-10(3-5-11)6-7-20-14(16)17/h2-5,8,15H,6-7H2,1H3,(H3,16,17)(H,18,19). The van der Waals surface area contributed by atoms with Crippen LogP contribution in [0.2, 0.25) is 0 Å². The van der Waals surface area contributed by atoms with Crippen molar-refractivity contribution in [3.63, 3.8) is 0 Å². The zero-order valence-electron chi connectivity index (χ0n) is 11.6. The van der Waals surface area contributed by atoms with Gasteiger partial charge in [0, 0.05) is 11.3 Å². The van der Waals surface area contributed by atoms with E-state index < -0.39 is 0 Å². The lowest BCUT2D eigenvalue weighted by Gasteiger charge is -2.05. The number of hydrogen-bond acceptors (Lipinski definition) is 5. The second kappa shape index (κ2) is 7.33. The van der Waals surface area contributed by atoms with Crippen molar-refractivity contribution in [2.75, 3.05) is 5.75 Å². The molecule has 0 radical (unpaired) electrons. The van der Waals surface area contributed by atoms with Gasteiger partial charge < -0.3 is 5.73 Å². The van der Waals surface area contributed by atoms with Crippen molar-refractivity contribution < 1.29 is 0 Å². The minimum Gasteiger partial charge on any atom is -0.379 e. The van der Waals surface area contributed by atoms with Crippen molar-refractivity contribution in [3.8, 4) is 11.1 Å². The molecule has 0 saturated carbocycles. The molecule has 0 aliphatic heterocycles. The second-order valence-corrected chi connectivity index (χ2v) is 6.79. The highest BCUT2D eigenvalue weighted by molar-refractivity contribution is 8.14. The van der Waals surface area contributed by atoms with E-state index in [2.05, 4.69) is 34.5 Å². The third kappa shape index (κ3) is 4.64. The highest BCUT2D eigenvalue weighted by Crippen LogP contribution is 2.30. The molecule has 2 rings (SSSR count). The molecule has 0 atom stereocenters. The largest absolute Gasteiger partial charge is 0.379 e. The van der Waals surface area contributed by atoms with Crippen LogP contribution in [0.15, 0.2) is 35.5 Å². The molecule has 0 aliphatic rings. The number of nitrogens with one attached hydrogen (secondary N) is 3. The molecule has 5 N–H and O–H groups in total. The van der Waals surface area contributed by atoms with E-state index in [9.17, 15) is 0 Å². The zero-order valence-corrected chi connectivity index (χ0v) is 13.3. The van der Waals surface area contributed by atoms with Crippen molar-refractivity contribution in [3.05, 3.63) is 36.0 Å². The molecule has 1 heterocycles. The predicted molar refractivity (Wildman–Crippen MR) is 91.4 cm³/mol. The summed E-state index contributed by atoms with van der Waals surface area (Å²) in [6.45, 7) is 1.76. The van der Waals surface area contributed by atoms with Crippen LogP contribution >= 0.6 is 23.5 Å². The molecular weight excluding hydrogens is 302 g/mol. The fraction of sp³-hybridized carbons (Fsp3) is 0.214. The number of hydrogen-bond donors (Lipinski definition) is 4. The molecule has 0 spiro atoms. The third-order valence-electron chi connectivity index (χ3n) is 2.77. The lowest BCUT2D eigenvalue weighted by atomic mass is 10.1. The Labute approximate surface area is 132 Å². The fourth-order valence-electron chi connectivity index (χ4n) is 1.84. The minimum atomic E-state index is 0.161. The van der Waals surface area contributed by atoms with Crippen LogP contribution in [0.25, 0.3) is 11.1 Å². The maximum Gasteiger partial charge on any atom is 0.151 e. The van der Waals surface area contributed by atoms with Gasteiger partial charge in [0.25, 0.3) is 0 Å². The van der Waals surface area contributed by atoms with Gasteiger partial charge in [0.1, 0.15) is 5.03 Å². The van der Waals surface area contributed by atoms with Gasteiger partial charge in [0.15, 0.2) is 5.17 Å². The summed E-state index contributed by atoms with van der Waals surface area (Å²) in [5.74, 6) is 0.814. The van der Waals surface area contributed by atoms with Gasteiger partial charge in [-0.2, -0.15) is 5.10 Å². The molecule has 7 heteroatoms. The van der Waals surface area contributed by atoms with Crippen molar-refractivity contribution >= 4 is 33.7 Å². The number of aryl methyl sites for hydroxylation is 1. The zero-order chi connectivity index (χ0) is 15.2. The summed E-state index contributed by atoms with van der Waals surface area (Å²) in [7, 11) is 0. The van der Waals surface area contributed by atoms with Crippen LogP contribution in [0.1, 0.15) is 12.5 Å². The Morgan fingerprint density at radius 2 is 2.00 bits per heavy atom. The Balaban J connectivity index is 2.07. The first-order valence-electron chi connectivity index (χ1n) is 6.39. The summed E-state index contributed by atoms with van der Waals surface area (Å²) < 4.78 is 0. The van der Waals surface area contributed by atoms with E-state index >= 15 is 0 Å². The Kier molecular flexibility index (Phi) is 5.46. The molecule has 1 aromatic heterocycles. The number of aromatic amines is 1. The van der Waals surface area contributed by atoms with Crippen LogP contribution in [-0.2, 0) is 6.42 Å². The number of nitrogens with two attached hydrogens (primary N) is 1. The Bertz CT molecular complexity index is 633. The smallest absolute Gasteiger partial charge is 0.151 e. The van der Waals surface area contributed by atoms with Crippen molar-refractivity contribution in [1.29, 1.82) is 10.8 Å². The van der Waals surface area contributed by atoms with Crippen LogP contribution in [0, 0.1) is 10.8 Å². The molecule has 1 aromatic carbocycles. The van der Waals surface area contributed by atoms with E-state index in [0.29, 0.717) is 5.04 Å². The van der Waals surface area contributed by atoms with Crippen LogP contribution < -0.4 is 5.73 Å². The molecule has 0 aliphatic carbocycles. The molecule has 0 bridgehead atoms. The van der Waals surface area contributed by atoms with E-state index in [1.165, 1.54) is 29.1 Å². The molecule has 21 heavy (non-hydrogen) atoms. The van der Waals surface area contributed by atoms with Gasteiger partial charge in [-0.15, -0.1) is 0 Å². The highest BCUT2D eigenvalue weighted by Gasteiger charge is 2.09. The van der Waals surface area contributed by atoms with Gasteiger partial charge in [-0.05, 0) is 24.5 Å². The SMILES string of the molecule is CC(=N)Sc1[nH]ncc1-c1ccc(CCSC(=N)N)cc1. The summed E-state index contributed by atoms with van der Waals surface area (Å²) in [5.41, 5.74) is 8.62. The first-order chi connectivity index (χ1) is 10.1. The third-order valence-corrected chi connectivity index (χ3v) is 4.31. The first-order valence-corrected chi connectivity index (χ1v) is 8.19. The molecule has 0 fully saturated rings. The van der Waals surface area contributed by atoms with Crippen molar-refractivity contribution in [2.45, 2.75) is 18.4 Å². The van der Waals surface area contributed by atoms with Crippen LogP contribution in [0.5, 0.6) is 0 Å². The Hall–Kier alpha value is -1.73. The van der Waals surface area contributed by atoms with Gasteiger partial charge in [-0.25, -0.2) is 0 Å². The molecule has 2 aromatic rings. The highest BCUT2D eigenvalue weighted by atomic mass is 32.2. The lowest BCUT2D eigenvalue weighted by molar-refractivity contribution is 1.01. The topological polar surface area (TPSA) is 102 Å². The summed E-state index contributed by atoms with van der Waals surface area (Å²) in [4.78, 5) is 0. The van der Waals surface area contributed by atoms with Gasteiger partial charge in [0.2, 0.25) is 0 Å². The number of rotatable bonds is 5. The molecular formula is C14H17N5S2. The van der Waals surface area contributed by atoms with Crippen LogP contribution in [0.4, 0.5) is 0 Å². The number of H-pyrrole nitrogens is 1. The van der Waals surface area contributed by atoms with Gasteiger partial charge >= 0.3 is 0 Å². The van der Waals surface area contributed by atoms with Crippen LogP contribution in [-0.4, -0.2) is 26.2 Å². The second-order valence-electron chi connectivity index (χ2n) is 4.43. The van der Waals surface area contributed by atoms with Crippen molar-refractivity contribution in [2.24, 2.45) is 5.73 Å². The first kappa shape index (κ1) is 15.7. The van der Waals surface area contributed by atoms with Gasteiger partial charge in [0.05, 0.1) is 11.2 Å². The van der Waals surface area contributed by atoms with E-state index in [1.807, 2.05) is 0 Å². The fourth-order valence-corrected chi connectivity index (χ4v) is 3.08. The number of thioether (sulfide) groups is 2. The van der Waals surface area contributed by atoms with Crippen LogP contribution in [0.3, 0.4) is 0 Å². The van der Waals surface area contributed by atoms with Gasteiger partial charge in [-0.3, -0.25) is 15.9 Å². The maximum absolute atomic E-state index is 7.56. The van der Waals surface area contributed by atoms with E-state index in [0.717, 1.165) is 28.3 Å². The normalized spacial score (nSPS) is 10.5. The van der Waals surface area contributed by atoms with E-state index in [1.54, 1.807) is 13.1 Å². The number of nitrogens with zero attached hydrogens (tertiary/aromatic N) is 1. The monoisotopic (exact) mass is 319 g/mol. The molecule has 110 valence electrons. The van der Waals surface area contributed by atoms with E-state index in [-0.39, 0.29) is 5.17 Å². The number of benzene rings is 1.